The van der Waals surface area contributed by atoms with Crippen molar-refractivity contribution in [3.05, 3.63) is 54.6 Å². The highest BCUT2D eigenvalue weighted by molar-refractivity contribution is 7.86. The van der Waals surface area contributed by atoms with Crippen molar-refractivity contribution in [2.75, 3.05) is 6.61 Å². The molecule has 0 aliphatic heterocycles. The smallest absolute Gasteiger partial charge is 0.300 e. The van der Waals surface area contributed by atoms with Crippen LogP contribution in [0, 0.1) is 0 Å². The average Bonchev–Trinajstić information content (AvgIpc) is 2.73. The molecule has 0 amide bonds. The van der Waals surface area contributed by atoms with Gasteiger partial charge in [-0.05, 0) is 30.7 Å². The van der Waals surface area contributed by atoms with Gasteiger partial charge in [0.1, 0.15) is 16.4 Å². The molecule has 0 bridgehead atoms. The van der Waals surface area contributed by atoms with Gasteiger partial charge in [0, 0.05) is 0 Å². The van der Waals surface area contributed by atoms with E-state index in [1.54, 1.807) is 30.3 Å². The van der Waals surface area contributed by atoms with Crippen LogP contribution in [0.4, 0.5) is 0 Å². The summed E-state index contributed by atoms with van der Waals surface area (Å²) in [7, 11) is -3.85. The van der Waals surface area contributed by atoms with E-state index in [0.29, 0.717) is 5.75 Å². The molecule has 0 fully saturated rings. The zero-order chi connectivity index (χ0) is 20.8. The van der Waals surface area contributed by atoms with E-state index >= 15 is 0 Å². The van der Waals surface area contributed by atoms with Gasteiger partial charge in [-0.25, -0.2) is 0 Å². The number of hydrogen-bond donors (Lipinski definition) is 1. The fraction of sp³-hybridized carbons (Fsp3) is 0.500. The molecule has 0 atom stereocenters. The third-order valence-corrected chi connectivity index (χ3v) is 6.18. The number of ether oxygens (including phenoxy) is 1. The summed E-state index contributed by atoms with van der Waals surface area (Å²) in [4.78, 5) is 0.0657. The molecule has 5 nitrogen and oxygen atoms in total. The Balaban J connectivity index is 0.00000450. The van der Waals surface area contributed by atoms with Crippen LogP contribution < -0.4 is 10.9 Å². The van der Waals surface area contributed by atoms with Gasteiger partial charge in [0.15, 0.2) is 0 Å². The van der Waals surface area contributed by atoms with Crippen molar-refractivity contribution in [3.63, 3.8) is 0 Å². The Kier molecular flexibility index (Phi) is 13.1. The summed E-state index contributed by atoms with van der Waals surface area (Å²) in [5.41, 5.74) is 0. The van der Waals surface area contributed by atoms with E-state index in [0.717, 1.165) is 19.3 Å². The molecule has 168 valence electrons. The molecular weight excluding hydrogens is 398 g/mol. The molecule has 2 aromatic carbocycles. The van der Waals surface area contributed by atoms with Gasteiger partial charge in [-0.2, -0.15) is 8.42 Å². The fourth-order valence-electron chi connectivity index (χ4n) is 3.18. The predicted octanol–water partition coefficient (Wildman–Crippen LogP) is 7.48. The van der Waals surface area contributed by atoms with Crippen LogP contribution in [0.5, 0.6) is 11.5 Å². The van der Waals surface area contributed by atoms with Gasteiger partial charge >= 0.3 is 10.1 Å². The van der Waals surface area contributed by atoms with Crippen molar-refractivity contribution in [3.8, 4) is 11.5 Å². The minimum Gasteiger partial charge on any atom is -0.456 e. The minimum absolute atomic E-state index is 0. The zero-order valence-electron chi connectivity index (χ0n) is 18.5. The van der Waals surface area contributed by atoms with Gasteiger partial charge < -0.3 is 10.9 Å². The van der Waals surface area contributed by atoms with Crippen LogP contribution in [-0.4, -0.2) is 15.0 Å². The standard InChI is InChI=1S/C24H34O4S.H3N/c1-2-3-4-5-6-7-8-9-10-16-21-27-29(25,26)24-20-15-14-19-23(24)28-22-17-12-11-13-18-22;/h11-15,17-20H,2-10,16,21H2,1H3;1H3/p+1. The normalized spacial score (nSPS) is 11.1. The van der Waals surface area contributed by atoms with Crippen LogP contribution in [0.2, 0.25) is 0 Å². The summed E-state index contributed by atoms with van der Waals surface area (Å²) in [6.45, 7) is 2.44. The Hall–Kier alpha value is -1.89. The molecule has 0 aliphatic carbocycles. The topological polar surface area (TPSA) is 89.1 Å². The second-order valence-corrected chi connectivity index (χ2v) is 8.90. The van der Waals surface area contributed by atoms with Gasteiger partial charge in [-0.3, -0.25) is 4.18 Å². The van der Waals surface area contributed by atoms with E-state index in [4.69, 9.17) is 8.92 Å². The van der Waals surface area contributed by atoms with E-state index < -0.39 is 10.1 Å². The summed E-state index contributed by atoms with van der Waals surface area (Å²) in [5, 5.41) is 0. The lowest BCUT2D eigenvalue weighted by atomic mass is 10.1. The van der Waals surface area contributed by atoms with Crippen LogP contribution >= 0.6 is 0 Å². The molecule has 0 aromatic heterocycles. The number of benzene rings is 2. The summed E-state index contributed by atoms with van der Waals surface area (Å²) in [6.07, 6.45) is 12.0. The summed E-state index contributed by atoms with van der Waals surface area (Å²) >= 11 is 0. The Morgan fingerprint density at radius 1 is 0.700 bits per heavy atom. The lowest BCUT2D eigenvalue weighted by Gasteiger charge is -2.11. The summed E-state index contributed by atoms with van der Waals surface area (Å²) < 4.78 is 36.2. The molecule has 0 aliphatic rings. The van der Waals surface area contributed by atoms with Gasteiger partial charge in [0.25, 0.3) is 0 Å². The minimum atomic E-state index is -3.85. The summed E-state index contributed by atoms with van der Waals surface area (Å²) in [5.74, 6) is 0.867. The fourth-order valence-corrected chi connectivity index (χ4v) is 4.24. The molecule has 30 heavy (non-hydrogen) atoms. The maximum atomic E-state index is 12.6. The summed E-state index contributed by atoms with van der Waals surface area (Å²) in [6, 6.07) is 15.7. The van der Waals surface area contributed by atoms with Gasteiger partial charge in [-0.15, -0.1) is 0 Å². The largest absolute Gasteiger partial charge is 0.456 e. The van der Waals surface area contributed by atoms with Crippen LogP contribution in [0.3, 0.4) is 0 Å². The number of hydrogen-bond acceptors (Lipinski definition) is 4. The average molecular weight is 437 g/mol. The molecule has 0 spiro atoms. The van der Waals surface area contributed by atoms with E-state index in [9.17, 15) is 8.42 Å². The highest BCUT2D eigenvalue weighted by atomic mass is 32.2. The van der Waals surface area contributed by atoms with Crippen molar-refractivity contribution in [2.45, 2.75) is 76.0 Å². The van der Waals surface area contributed by atoms with Crippen LogP contribution in [0.1, 0.15) is 71.1 Å². The van der Waals surface area contributed by atoms with Crippen molar-refractivity contribution in [1.29, 1.82) is 0 Å². The van der Waals surface area contributed by atoms with Crippen molar-refractivity contribution in [2.24, 2.45) is 0 Å². The molecule has 2 aromatic rings. The maximum Gasteiger partial charge on any atom is 0.300 e. The monoisotopic (exact) mass is 436 g/mol. The second kappa shape index (κ2) is 15.0. The Bertz CT molecular complexity index is 794. The first-order valence-corrected chi connectivity index (χ1v) is 12.3. The molecule has 6 heteroatoms. The van der Waals surface area contributed by atoms with Crippen LogP contribution in [-0.2, 0) is 14.3 Å². The third-order valence-electron chi connectivity index (χ3n) is 4.83. The van der Waals surface area contributed by atoms with E-state index in [1.165, 1.54) is 51.0 Å². The van der Waals surface area contributed by atoms with Crippen LogP contribution in [0.25, 0.3) is 0 Å². The van der Waals surface area contributed by atoms with Gasteiger partial charge in [0.05, 0.1) is 6.61 Å². The first kappa shape index (κ1) is 26.1. The van der Waals surface area contributed by atoms with Crippen LogP contribution in [0.15, 0.2) is 59.5 Å². The molecule has 0 heterocycles. The lowest BCUT2D eigenvalue weighted by molar-refractivity contribution is 0.304. The molecule has 0 saturated heterocycles. The molecule has 0 unspecified atom stereocenters. The highest BCUT2D eigenvalue weighted by Crippen LogP contribution is 2.29. The molecule has 4 N–H and O–H groups in total. The van der Waals surface area contributed by atoms with Gasteiger partial charge in [0.2, 0.25) is 0 Å². The van der Waals surface area contributed by atoms with E-state index in [1.807, 2.05) is 18.2 Å². The van der Waals surface area contributed by atoms with Crippen molar-refractivity contribution < 1.29 is 17.3 Å². The molecule has 0 saturated carbocycles. The predicted molar refractivity (Wildman–Crippen MR) is 124 cm³/mol. The molecule has 0 radical (unpaired) electrons. The first-order chi connectivity index (χ1) is 14.1. The van der Waals surface area contributed by atoms with Gasteiger partial charge in [-0.1, -0.05) is 95.0 Å². The first-order valence-electron chi connectivity index (χ1n) is 10.8. The van der Waals surface area contributed by atoms with E-state index in [2.05, 4.69) is 6.92 Å². The lowest BCUT2D eigenvalue weighted by Crippen LogP contribution is -2.09. The van der Waals surface area contributed by atoms with Crippen molar-refractivity contribution in [1.82, 2.24) is 6.15 Å². The molecular formula is C24H38NO4S+. The number of unbranched alkanes of at least 4 members (excludes halogenated alkanes) is 9. The third kappa shape index (κ3) is 9.74. The Morgan fingerprint density at radius 2 is 1.23 bits per heavy atom. The highest BCUT2D eigenvalue weighted by Gasteiger charge is 2.20. The van der Waals surface area contributed by atoms with Crippen molar-refractivity contribution >= 4 is 10.1 Å². The maximum absolute atomic E-state index is 12.6. The number of rotatable bonds is 15. The Labute approximate surface area is 182 Å². The Morgan fingerprint density at radius 3 is 1.87 bits per heavy atom. The SMILES string of the molecule is CCCCCCCCCCCCOS(=O)(=O)c1ccccc1Oc1ccccc1.[NH4+]. The second-order valence-electron chi connectivity index (χ2n) is 7.32. The number of quaternary nitrogens is 1. The zero-order valence-corrected chi connectivity index (χ0v) is 19.3. The quantitative estimate of drug-likeness (QED) is 0.231. The molecule has 2 rings (SSSR count). The van der Waals surface area contributed by atoms with E-state index in [-0.39, 0.29) is 23.4 Å². The number of para-hydroxylation sites is 2.